The van der Waals surface area contributed by atoms with E-state index in [4.69, 9.17) is 4.74 Å². The molecule has 0 spiro atoms. The van der Waals surface area contributed by atoms with Crippen LogP contribution in [0, 0.1) is 6.92 Å². The topological polar surface area (TPSA) is 39.2 Å². The van der Waals surface area contributed by atoms with Crippen LogP contribution in [-0.4, -0.2) is 11.0 Å². The molecule has 3 aromatic rings. The maximum atomic E-state index is 11.0. The molecule has 3 nitrogen and oxygen atoms in total. The van der Waals surface area contributed by atoms with Crippen LogP contribution in [0.4, 0.5) is 0 Å². The van der Waals surface area contributed by atoms with Gasteiger partial charge in [0.15, 0.2) is 0 Å². The number of ether oxygens (including phenoxy) is 1. The van der Waals surface area contributed by atoms with Gasteiger partial charge in [0.2, 0.25) is 5.88 Å². The summed E-state index contributed by atoms with van der Waals surface area (Å²) in [6, 6.07) is 10.0. The first-order chi connectivity index (χ1) is 8.65. The van der Waals surface area contributed by atoms with E-state index < -0.39 is 0 Å². The second-order valence-electron chi connectivity index (χ2n) is 4.11. The van der Waals surface area contributed by atoms with Crippen molar-refractivity contribution in [2.24, 2.45) is 0 Å². The Balaban J connectivity index is 2.33. The summed E-state index contributed by atoms with van der Waals surface area (Å²) in [5.41, 5.74) is 0.893. The molecule has 18 heavy (non-hydrogen) atoms. The van der Waals surface area contributed by atoms with Gasteiger partial charge in [-0.05, 0) is 13.0 Å². The molecule has 90 valence electrons. The molecule has 0 N–H and O–H groups in total. The molecule has 2 heterocycles. The van der Waals surface area contributed by atoms with Crippen LogP contribution in [0.2, 0.25) is 0 Å². The third-order valence-corrected chi connectivity index (χ3v) is 4.05. The van der Waals surface area contributed by atoms with Gasteiger partial charge in [-0.3, -0.25) is 4.79 Å². The normalized spacial score (nSPS) is 11.0. The van der Waals surface area contributed by atoms with Gasteiger partial charge in [-0.15, -0.1) is 11.3 Å². The van der Waals surface area contributed by atoms with Crippen LogP contribution in [0.15, 0.2) is 30.3 Å². The smallest absolute Gasteiger partial charge is 0.309 e. The van der Waals surface area contributed by atoms with Crippen molar-refractivity contribution in [3.8, 4) is 5.88 Å². The lowest BCUT2D eigenvalue weighted by atomic mass is 10.1. The second kappa shape index (κ2) is 4.07. The highest BCUT2D eigenvalue weighted by atomic mass is 32.1. The Labute approximate surface area is 108 Å². The van der Waals surface area contributed by atoms with E-state index in [1.54, 1.807) is 11.3 Å². The lowest BCUT2D eigenvalue weighted by Crippen LogP contribution is -2.03. The fourth-order valence-electron chi connectivity index (χ4n) is 2.05. The molecule has 0 radical (unpaired) electrons. The van der Waals surface area contributed by atoms with Crippen LogP contribution >= 0.6 is 11.3 Å². The number of esters is 1. The highest BCUT2D eigenvalue weighted by Crippen LogP contribution is 2.36. The molecular formula is C14H11NO2S. The van der Waals surface area contributed by atoms with Crippen LogP contribution in [-0.2, 0) is 4.79 Å². The molecule has 0 aliphatic rings. The van der Waals surface area contributed by atoms with Crippen LogP contribution in [0.5, 0.6) is 5.88 Å². The SMILES string of the molecule is CC(=O)Oc1cc2c(sc3ccccc32)c(C)n1. The van der Waals surface area contributed by atoms with Gasteiger partial charge in [0.05, 0.1) is 10.4 Å². The number of carbonyl (C=O) groups excluding carboxylic acids is 1. The Morgan fingerprint density at radius 2 is 2.06 bits per heavy atom. The number of pyridine rings is 1. The molecule has 0 amide bonds. The molecule has 3 rings (SSSR count). The van der Waals surface area contributed by atoms with E-state index in [1.807, 2.05) is 25.1 Å². The summed E-state index contributed by atoms with van der Waals surface area (Å²) in [6.07, 6.45) is 0. The highest BCUT2D eigenvalue weighted by Gasteiger charge is 2.11. The number of benzene rings is 1. The zero-order chi connectivity index (χ0) is 12.7. The van der Waals surface area contributed by atoms with Gasteiger partial charge in [-0.2, -0.15) is 0 Å². The monoisotopic (exact) mass is 257 g/mol. The summed E-state index contributed by atoms with van der Waals surface area (Å²) in [5, 5.41) is 2.27. The van der Waals surface area contributed by atoms with Crippen molar-refractivity contribution < 1.29 is 9.53 Å². The van der Waals surface area contributed by atoms with E-state index in [-0.39, 0.29) is 5.97 Å². The molecule has 0 aliphatic carbocycles. The number of fused-ring (bicyclic) bond motifs is 3. The Morgan fingerprint density at radius 1 is 1.28 bits per heavy atom. The number of carbonyl (C=O) groups is 1. The fourth-order valence-corrected chi connectivity index (χ4v) is 3.18. The Kier molecular flexibility index (Phi) is 2.52. The number of aromatic nitrogens is 1. The van der Waals surface area contributed by atoms with E-state index >= 15 is 0 Å². The summed E-state index contributed by atoms with van der Waals surface area (Å²) in [7, 11) is 0. The molecule has 0 unspecified atom stereocenters. The molecule has 0 bridgehead atoms. The summed E-state index contributed by atoms with van der Waals surface area (Å²) in [5.74, 6) is 0.0249. The minimum atomic E-state index is -0.346. The second-order valence-corrected chi connectivity index (χ2v) is 5.17. The van der Waals surface area contributed by atoms with Crippen molar-refractivity contribution >= 4 is 37.5 Å². The Morgan fingerprint density at radius 3 is 2.83 bits per heavy atom. The van der Waals surface area contributed by atoms with E-state index in [2.05, 4.69) is 17.1 Å². The maximum absolute atomic E-state index is 11.0. The minimum absolute atomic E-state index is 0.346. The lowest BCUT2D eigenvalue weighted by Gasteiger charge is -2.02. The quantitative estimate of drug-likeness (QED) is 0.624. The third kappa shape index (κ3) is 1.75. The van der Waals surface area contributed by atoms with E-state index in [9.17, 15) is 4.79 Å². The van der Waals surface area contributed by atoms with E-state index in [0.29, 0.717) is 5.88 Å². The number of nitrogens with zero attached hydrogens (tertiary/aromatic N) is 1. The number of hydrogen-bond donors (Lipinski definition) is 0. The molecule has 0 fully saturated rings. The number of thiophene rings is 1. The van der Waals surface area contributed by atoms with Crippen molar-refractivity contribution in [3.63, 3.8) is 0 Å². The highest BCUT2D eigenvalue weighted by molar-refractivity contribution is 7.26. The standard InChI is InChI=1S/C14H11NO2S/c1-8-14-11(7-13(15-8)17-9(2)16)10-5-3-4-6-12(10)18-14/h3-7H,1-2H3. The molecule has 0 saturated carbocycles. The van der Waals surface area contributed by atoms with Gasteiger partial charge in [0, 0.05) is 28.5 Å². The number of aryl methyl sites for hydroxylation is 1. The Hall–Kier alpha value is -1.94. The van der Waals surface area contributed by atoms with Gasteiger partial charge in [-0.1, -0.05) is 18.2 Å². The van der Waals surface area contributed by atoms with Crippen molar-refractivity contribution in [3.05, 3.63) is 36.0 Å². The van der Waals surface area contributed by atoms with Gasteiger partial charge < -0.3 is 4.74 Å². The van der Waals surface area contributed by atoms with Gasteiger partial charge >= 0.3 is 5.97 Å². The zero-order valence-corrected chi connectivity index (χ0v) is 10.9. The molecule has 4 heteroatoms. The average molecular weight is 257 g/mol. The lowest BCUT2D eigenvalue weighted by molar-refractivity contribution is -0.132. The van der Waals surface area contributed by atoms with Crippen molar-refractivity contribution in [1.82, 2.24) is 4.98 Å². The molecule has 2 aromatic heterocycles. The zero-order valence-electron chi connectivity index (χ0n) is 10.1. The van der Waals surface area contributed by atoms with Crippen LogP contribution in [0.25, 0.3) is 20.2 Å². The number of hydrogen-bond acceptors (Lipinski definition) is 4. The number of rotatable bonds is 1. The van der Waals surface area contributed by atoms with Crippen LogP contribution in [0.3, 0.4) is 0 Å². The van der Waals surface area contributed by atoms with Gasteiger partial charge in [-0.25, -0.2) is 4.98 Å². The third-order valence-electron chi connectivity index (χ3n) is 2.76. The first kappa shape index (κ1) is 11.2. The molecule has 0 atom stereocenters. The van der Waals surface area contributed by atoms with Crippen LogP contribution in [0.1, 0.15) is 12.6 Å². The van der Waals surface area contributed by atoms with E-state index in [0.717, 1.165) is 15.8 Å². The maximum Gasteiger partial charge on any atom is 0.309 e. The van der Waals surface area contributed by atoms with Crippen LogP contribution < -0.4 is 4.74 Å². The molecule has 0 saturated heterocycles. The predicted octanol–water partition coefficient (Wildman–Crippen LogP) is 3.68. The van der Waals surface area contributed by atoms with Crippen molar-refractivity contribution in [1.29, 1.82) is 0 Å². The van der Waals surface area contributed by atoms with Gasteiger partial charge in [0.1, 0.15) is 0 Å². The minimum Gasteiger partial charge on any atom is -0.408 e. The average Bonchev–Trinajstić information content (AvgIpc) is 2.68. The van der Waals surface area contributed by atoms with E-state index in [1.165, 1.54) is 17.0 Å². The fraction of sp³-hybridized carbons (Fsp3) is 0.143. The summed E-state index contributed by atoms with van der Waals surface area (Å²) in [4.78, 5) is 15.3. The predicted molar refractivity (Wildman–Crippen MR) is 73.2 cm³/mol. The molecule has 0 aliphatic heterocycles. The molecule has 1 aromatic carbocycles. The van der Waals surface area contributed by atoms with Gasteiger partial charge in [0.25, 0.3) is 0 Å². The first-order valence-electron chi connectivity index (χ1n) is 5.62. The summed E-state index contributed by atoms with van der Waals surface area (Å²) < 4.78 is 7.44. The summed E-state index contributed by atoms with van der Waals surface area (Å²) >= 11 is 1.71. The van der Waals surface area contributed by atoms with Crippen molar-refractivity contribution in [2.75, 3.05) is 0 Å². The molecular weight excluding hydrogens is 246 g/mol. The van der Waals surface area contributed by atoms with Crippen molar-refractivity contribution in [2.45, 2.75) is 13.8 Å². The Bertz CT molecular complexity index is 761. The first-order valence-corrected chi connectivity index (χ1v) is 6.44. The largest absolute Gasteiger partial charge is 0.408 e. The summed E-state index contributed by atoms with van der Waals surface area (Å²) in [6.45, 7) is 3.32.